The molecule has 1 saturated heterocycles. The molecule has 0 aromatic heterocycles. The number of hydrogen-bond donors (Lipinski definition) is 1. The Labute approximate surface area is 141 Å². The van der Waals surface area contributed by atoms with E-state index >= 15 is 0 Å². The first-order valence-corrected chi connectivity index (χ1v) is 8.93. The average Bonchev–Trinajstić information content (AvgIpc) is 3.01. The number of likely N-dealkylation sites (N-methyl/N-ethyl adjacent to an activating group) is 1. The number of nitrogens with one attached hydrogen (secondary N) is 1. The van der Waals surface area contributed by atoms with Gasteiger partial charge < -0.3 is 19.7 Å². The fraction of sp³-hybridized carbons (Fsp3) is 0.889. The zero-order chi connectivity index (χ0) is 17.4. The summed E-state index contributed by atoms with van der Waals surface area (Å²) in [7, 11) is 3.61. The number of methoxy groups -OCH3 is 1. The molecular formula is C18H34N2O3. The molecule has 0 bridgehead atoms. The van der Waals surface area contributed by atoms with E-state index in [0.717, 1.165) is 38.5 Å². The van der Waals surface area contributed by atoms with Crippen LogP contribution < -0.4 is 5.32 Å². The fourth-order valence-electron chi connectivity index (χ4n) is 3.63. The lowest BCUT2D eigenvalue weighted by Gasteiger charge is -2.32. The molecule has 0 saturated carbocycles. The Morgan fingerprint density at radius 3 is 2.65 bits per heavy atom. The second-order valence-corrected chi connectivity index (χ2v) is 6.91. The van der Waals surface area contributed by atoms with Gasteiger partial charge in [0.2, 0.25) is 5.91 Å². The Bertz CT molecular complexity index is 375. The summed E-state index contributed by atoms with van der Waals surface area (Å²) in [6, 6.07) is 0.376. The minimum Gasteiger partial charge on any atom is -0.379 e. The largest absolute Gasteiger partial charge is 0.379 e. The Hall–Kier alpha value is -0.940. The van der Waals surface area contributed by atoms with Gasteiger partial charge in [0, 0.05) is 31.7 Å². The number of amides is 1. The van der Waals surface area contributed by atoms with Crippen molar-refractivity contribution in [3.8, 4) is 0 Å². The van der Waals surface area contributed by atoms with E-state index in [1.54, 1.807) is 7.11 Å². The molecule has 1 aliphatic rings. The van der Waals surface area contributed by atoms with E-state index in [9.17, 15) is 9.59 Å². The molecule has 1 heterocycles. The lowest BCUT2D eigenvalue weighted by atomic mass is 9.92. The van der Waals surface area contributed by atoms with Crippen LogP contribution in [0.25, 0.3) is 0 Å². The third-order valence-corrected chi connectivity index (χ3v) is 5.24. The lowest BCUT2D eigenvalue weighted by molar-refractivity contribution is -0.136. The molecule has 1 N–H and O–H groups in total. The minimum atomic E-state index is -0.118. The maximum atomic E-state index is 12.8. The summed E-state index contributed by atoms with van der Waals surface area (Å²) in [5.41, 5.74) is 0. The van der Waals surface area contributed by atoms with E-state index in [0.29, 0.717) is 12.3 Å². The van der Waals surface area contributed by atoms with Gasteiger partial charge in [0.25, 0.3) is 0 Å². The number of carbonyl (C=O) groups excluding carboxylic acids is 2. The first kappa shape index (κ1) is 20.1. The van der Waals surface area contributed by atoms with Gasteiger partial charge in [-0.1, -0.05) is 27.2 Å². The zero-order valence-corrected chi connectivity index (χ0v) is 15.4. The smallest absolute Gasteiger partial charge is 0.225 e. The van der Waals surface area contributed by atoms with Gasteiger partial charge in [-0.3, -0.25) is 4.79 Å². The summed E-state index contributed by atoms with van der Waals surface area (Å²) in [6.45, 7) is 7.06. The number of carbonyl (C=O) groups is 2. The molecule has 0 aliphatic carbocycles. The highest BCUT2D eigenvalue weighted by atomic mass is 16.5. The normalized spacial score (nSPS) is 23.3. The first-order valence-electron chi connectivity index (χ1n) is 8.93. The predicted molar refractivity (Wildman–Crippen MR) is 92.3 cm³/mol. The summed E-state index contributed by atoms with van der Waals surface area (Å²) < 4.78 is 5.63. The molecule has 134 valence electrons. The summed E-state index contributed by atoms with van der Waals surface area (Å²) >= 11 is 0. The monoisotopic (exact) mass is 326 g/mol. The lowest BCUT2D eigenvalue weighted by Crippen LogP contribution is -2.47. The quantitative estimate of drug-likeness (QED) is 0.626. The predicted octanol–water partition coefficient (Wildman–Crippen LogP) is 2.24. The SMILES string of the molecule is CC[C@H](C)C(NC)[C@@H](CC(=O)N1CCC[C@H]1C[C@@H](C)C=O)OC. The zero-order valence-electron chi connectivity index (χ0n) is 15.4. The Kier molecular flexibility index (Phi) is 8.77. The molecule has 1 fully saturated rings. The summed E-state index contributed by atoms with van der Waals surface area (Å²) in [6.07, 6.45) is 5.11. The van der Waals surface area contributed by atoms with Crippen molar-refractivity contribution in [1.82, 2.24) is 10.2 Å². The standard InChI is InChI=1S/C18H34N2O3/c1-6-14(3)18(19-4)16(23-5)11-17(22)20-9-7-8-15(20)10-13(2)12-21/h12-16,18-19H,6-11H2,1-5H3/t13-,14+,15+,16-,18?/m1/s1. The maximum absolute atomic E-state index is 12.8. The van der Waals surface area contributed by atoms with E-state index in [1.807, 2.05) is 18.9 Å². The van der Waals surface area contributed by atoms with Crippen LogP contribution in [0.1, 0.15) is 52.9 Å². The number of hydrogen-bond acceptors (Lipinski definition) is 4. The van der Waals surface area contributed by atoms with Gasteiger partial charge in [0.1, 0.15) is 6.29 Å². The third kappa shape index (κ3) is 5.57. The van der Waals surface area contributed by atoms with Crippen molar-refractivity contribution < 1.29 is 14.3 Å². The number of aldehydes is 1. The molecule has 0 aromatic carbocycles. The Balaban J connectivity index is 2.69. The van der Waals surface area contributed by atoms with E-state index < -0.39 is 0 Å². The van der Waals surface area contributed by atoms with Crippen LogP contribution in [-0.2, 0) is 14.3 Å². The van der Waals surface area contributed by atoms with Crippen molar-refractivity contribution in [3.05, 3.63) is 0 Å². The van der Waals surface area contributed by atoms with Crippen molar-refractivity contribution >= 4 is 12.2 Å². The molecule has 1 unspecified atom stereocenters. The minimum absolute atomic E-state index is 0.0109. The summed E-state index contributed by atoms with van der Waals surface area (Å²) in [5.74, 6) is 0.611. The Morgan fingerprint density at radius 1 is 1.43 bits per heavy atom. The average molecular weight is 326 g/mol. The molecular weight excluding hydrogens is 292 g/mol. The highest BCUT2D eigenvalue weighted by Gasteiger charge is 2.33. The van der Waals surface area contributed by atoms with Crippen LogP contribution >= 0.6 is 0 Å². The maximum Gasteiger partial charge on any atom is 0.225 e. The van der Waals surface area contributed by atoms with Crippen molar-refractivity contribution in [3.63, 3.8) is 0 Å². The second-order valence-electron chi connectivity index (χ2n) is 6.91. The second kappa shape index (κ2) is 10.0. The van der Waals surface area contributed by atoms with Gasteiger partial charge in [-0.2, -0.15) is 0 Å². The van der Waals surface area contributed by atoms with Crippen LogP contribution in [0.4, 0.5) is 0 Å². The first-order chi connectivity index (χ1) is 11.0. The highest BCUT2D eigenvalue weighted by molar-refractivity contribution is 5.77. The fourth-order valence-corrected chi connectivity index (χ4v) is 3.63. The highest BCUT2D eigenvalue weighted by Crippen LogP contribution is 2.25. The van der Waals surface area contributed by atoms with Crippen LogP contribution in [0.15, 0.2) is 0 Å². The summed E-state index contributed by atoms with van der Waals surface area (Å²) in [5, 5.41) is 3.31. The van der Waals surface area contributed by atoms with Crippen LogP contribution in [0, 0.1) is 11.8 Å². The number of ether oxygens (including phenoxy) is 1. The van der Waals surface area contributed by atoms with Crippen molar-refractivity contribution in [1.29, 1.82) is 0 Å². The van der Waals surface area contributed by atoms with Crippen LogP contribution in [0.5, 0.6) is 0 Å². The van der Waals surface area contributed by atoms with E-state index in [2.05, 4.69) is 19.2 Å². The van der Waals surface area contributed by atoms with Crippen LogP contribution in [0.3, 0.4) is 0 Å². The van der Waals surface area contributed by atoms with Crippen molar-refractivity contribution in [2.45, 2.75) is 71.1 Å². The molecule has 5 nitrogen and oxygen atoms in total. The van der Waals surface area contributed by atoms with Gasteiger partial charge in [0.15, 0.2) is 0 Å². The molecule has 0 spiro atoms. The van der Waals surface area contributed by atoms with E-state index in [1.165, 1.54) is 0 Å². The molecule has 0 radical (unpaired) electrons. The van der Waals surface area contributed by atoms with E-state index in [4.69, 9.17) is 4.74 Å². The van der Waals surface area contributed by atoms with Gasteiger partial charge in [-0.05, 0) is 32.2 Å². The van der Waals surface area contributed by atoms with Gasteiger partial charge in [0.05, 0.1) is 12.5 Å². The molecule has 1 rings (SSSR count). The topological polar surface area (TPSA) is 58.6 Å². The molecule has 5 heteroatoms. The third-order valence-electron chi connectivity index (χ3n) is 5.24. The van der Waals surface area contributed by atoms with Gasteiger partial charge in [-0.15, -0.1) is 0 Å². The Morgan fingerprint density at radius 2 is 2.13 bits per heavy atom. The number of nitrogens with zero attached hydrogens (tertiary/aromatic N) is 1. The molecule has 1 aliphatic heterocycles. The van der Waals surface area contributed by atoms with Gasteiger partial charge >= 0.3 is 0 Å². The molecule has 1 amide bonds. The van der Waals surface area contributed by atoms with Crippen molar-refractivity contribution in [2.24, 2.45) is 11.8 Å². The number of rotatable bonds is 10. The van der Waals surface area contributed by atoms with Crippen molar-refractivity contribution in [2.75, 3.05) is 20.7 Å². The van der Waals surface area contributed by atoms with Crippen LogP contribution in [-0.4, -0.2) is 56.0 Å². The molecule has 0 aromatic rings. The van der Waals surface area contributed by atoms with Crippen LogP contribution in [0.2, 0.25) is 0 Å². The molecule has 23 heavy (non-hydrogen) atoms. The molecule has 5 atom stereocenters. The summed E-state index contributed by atoms with van der Waals surface area (Å²) in [4.78, 5) is 25.6. The van der Waals surface area contributed by atoms with E-state index in [-0.39, 0.29) is 30.0 Å². The number of likely N-dealkylation sites (tertiary alicyclic amines) is 1. The van der Waals surface area contributed by atoms with Gasteiger partial charge in [-0.25, -0.2) is 0 Å².